The minimum atomic E-state index is -0.831. The third kappa shape index (κ3) is 3.80. The summed E-state index contributed by atoms with van der Waals surface area (Å²) in [4.78, 5) is 40.0. The Morgan fingerprint density at radius 1 is 1.16 bits per heavy atom. The molecule has 1 saturated heterocycles. The molecule has 1 aromatic heterocycles. The molecule has 1 aromatic carbocycles. The van der Waals surface area contributed by atoms with Gasteiger partial charge < -0.3 is 9.88 Å². The normalized spacial score (nSPS) is 23.5. The van der Waals surface area contributed by atoms with Crippen LogP contribution in [0.1, 0.15) is 59.9 Å². The fourth-order valence-corrected chi connectivity index (χ4v) is 5.18. The van der Waals surface area contributed by atoms with E-state index in [2.05, 4.69) is 22.0 Å². The zero-order valence-corrected chi connectivity index (χ0v) is 18.6. The number of urea groups is 1. The third-order valence-corrected chi connectivity index (χ3v) is 7.14. The van der Waals surface area contributed by atoms with Gasteiger partial charge in [-0.05, 0) is 50.7 Å². The van der Waals surface area contributed by atoms with Gasteiger partial charge in [0.15, 0.2) is 5.78 Å². The molecule has 2 aromatic rings. The quantitative estimate of drug-likeness (QED) is 0.565. The van der Waals surface area contributed by atoms with Crippen molar-refractivity contribution in [3.63, 3.8) is 0 Å². The summed E-state index contributed by atoms with van der Waals surface area (Å²) < 4.78 is 2.14. The van der Waals surface area contributed by atoms with Crippen LogP contribution in [0.5, 0.6) is 0 Å². The first-order valence-electron chi connectivity index (χ1n) is 11.2. The van der Waals surface area contributed by atoms with Crippen molar-refractivity contribution in [2.75, 3.05) is 6.54 Å². The molecular formula is C25H31N3O3. The second kappa shape index (κ2) is 8.33. The molecule has 1 N–H and O–H groups in total. The van der Waals surface area contributed by atoms with Crippen LogP contribution in [0.15, 0.2) is 36.4 Å². The van der Waals surface area contributed by atoms with Crippen LogP contribution >= 0.6 is 0 Å². The number of aryl methyl sites for hydroxylation is 2. The van der Waals surface area contributed by atoms with E-state index in [1.165, 1.54) is 5.56 Å². The van der Waals surface area contributed by atoms with Gasteiger partial charge in [0.05, 0.1) is 6.54 Å². The largest absolute Gasteiger partial charge is 0.348 e. The maximum atomic E-state index is 13.2. The van der Waals surface area contributed by atoms with Gasteiger partial charge in [0.1, 0.15) is 5.54 Å². The molecule has 0 bridgehead atoms. The van der Waals surface area contributed by atoms with Gasteiger partial charge in [-0.1, -0.05) is 50.1 Å². The molecule has 4 rings (SSSR count). The molecule has 2 aliphatic rings. The fraction of sp³-hybridized carbons (Fsp3) is 0.480. The van der Waals surface area contributed by atoms with Crippen molar-refractivity contribution in [2.45, 2.75) is 65.0 Å². The smallest absolute Gasteiger partial charge is 0.325 e. The lowest BCUT2D eigenvalue weighted by Gasteiger charge is -2.36. The van der Waals surface area contributed by atoms with Crippen molar-refractivity contribution >= 4 is 17.7 Å². The second-order valence-corrected chi connectivity index (χ2v) is 9.03. The molecule has 2 atom stereocenters. The molecule has 1 aliphatic heterocycles. The topological polar surface area (TPSA) is 71.4 Å². The van der Waals surface area contributed by atoms with E-state index in [4.69, 9.17) is 0 Å². The number of amides is 3. The molecule has 6 nitrogen and oxygen atoms in total. The van der Waals surface area contributed by atoms with Crippen molar-refractivity contribution in [1.82, 2.24) is 14.8 Å². The summed E-state index contributed by atoms with van der Waals surface area (Å²) in [5, 5.41) is 2.93. The Morgan fingerprint density at radius 3 is 2.61 bits per heavy atom. The highest BCUT2D eigenvalue weighted by Crippen LogP contribution is 2.38. The predicted molar refractivity (Wildman–Crippen MR) is 119 cm³/mol. The number of ketones is 1. The SMILES string of the molecule is Cc1cc(C(=O)CN2C(=O)N[C@@]3(CCCC[C@@H]3C)C2=O)c(C)n1CCc1ccccc1. The van der Waals surface area contributed by atoms with E-state index in [1.54, 1.807) is 0 Å². The summed E-state index contributed by atoms with van der Waals surface area (Å²) in [5.74, 6) is -0.347. The van der Waals surface area contributed by atoms with Gasteiger partial charge in [-0.15, -0.1) is 0 Å². The lowest BCUT2D eigenvalue weighted by molar-refractivity contribution is -0.133. The minimum Gasteiger partial charge on any atom is -0.348 e. The summed E-state index contributed by atoms with van der Waals surface area (Å²) in [6.07, 6.45) is 4.42. The maximum absolute atomic E-state index is 13.2. The Kier molecular flexibility index (Phi) is 5.73. The number of nitrogens with zero attached hydrogens (tertiary/aromatic N) is 2. The zero-order valence-electron chi connectivity index (χ0n) is 18.6. The Bertz CT molecular complexity index is 1010. The van der Waals surface area contributed by atoms with Crippen molar-refractivity contribution in [3.05, 3.63) is 58.9 Å². The highest BCUT2D eigenvalue weighted by atomic mass is 16.2. The number of hydrogen-bond acceptors (Lipinski definition) is 3. The van der Waals surface area contributed by atoms with Gasteiger partial charge >= 0.3 is 6.03 Å². The van der Waals surface area contributed by atoms with Gasteiger partial charge in [-0.3, -0.25) is 14.5 Å². The third-order valence-electron chi connectivity index (χ3n) is 7.14. The van der Waals surface area contributed by atoms with Crippen LogP contribution in [-0.4, -0.2) is 39.3 Å². The van der Waals surface area contributed by atoms with Crippen molar-refractivity contribution in [1.29, 1.82) is 0 Å². The summed E-state index contributed by atoms with van der Waals surface area (Å²) in [6, 6.07) is 11.7. The number of rotatable bonds is 6. The van der Waals surface area contributed by atoms with Crippen LogP contribution in [0.4, 0.5) is 4.79 Å². The van der Waals surface area contributed by atoms with E-state index in [1.807, 2.05) is 45.0 Å². The van der Waals surface area contributed by atoms with Crippen LogP contribution in [-0.2, 0) is 17.8 Å². The van der Waals surface area contributed by atoms with E-state index >= 15 is 0 Å². The van der Waals surface area contributed by atoms with Crippen LogP contribution in [0.2, 0.25) is 0 Å². The monoisotopic (exact) mass is 421 g/mol. The average molecular weight is 422 g/mol. The molecule has 1 saturated carbocycles. The van der Waals surface area contributed by atoms with E-state index < -0.39 is 11.6 Å². The zero-order chi connectivity index (χ0) is 22.2. The number of benzene rings is 1. The summed E-state index contributed by atoms with van der Waals surface area (Å²) >= 11 is 0. The van der Waals surface area contributed by atoms with Crippen LogP contribution in [0.3, 0.4) is 0 Å². The molecule has 6 heteroatoms. The summed E-state index contributed by atoms with van der Waals surface area (Å²) in [5.41, 5.74) is 2.89. The van der Waals surface area contributed by atoms with Gasteiger partial charge in [-0.2, -0.15) is 0 Å². The number of Topliss-reactive ketones (excluding diaryl/α,β-unsaturated/α-hetero) is 1. The Labute approximate surface area is 183 Å². The second-order valence-electron chi connectivity index (χ2n) is 9.03. The highest BCUT2D eigenvalue weighted by molar-refractivity contribution is 6.11. The van der Waals surface area contributed by atoms with Crippen molar-refractivity contribution < 1.29 is 14.4 Å². The number of imide groups is 1. The highest BCUT2D eigenvalue weighted by Gasteiger charge is 2.55. The molecule has 3 amide bonds. The number of hydrogen-bond donors (Lipinski definition) is 1. The lowest BCUT2D eigenvalue weighted by atomic mass is 9.73. The van der Waals surface area contributed by atoms with E-state index in [0.29, 0.717) is 12.0 Å². The number of carbonyl (C=O) groups is 3. The van der Waals surface area contributed by atoms with Gasteiger partial charge in [-0.25, -0.2) is 4.79 Å². The predicted octanol–water partition coefficient (Wildman–Crippen LogP) is 4.03. The molecule has 1 aliphatic carbocycles. The number of carbonyl (C=O) groups excluding carboxylic acids is 3. The average Bonchev–Trinajstić information content (AvgIpc) is 3.17. The van der Waals surface area contributed by atoms with Crippen LogP contribution in [0, 0.1) is 19.8 Å². The minimum absolute atomic E-state index is 0.0841. The lowest BCUT2D eigenvalue weighted by Crippen LogP contribution is -2.54. The molecule has 0 unspecified atom stereocenters. The standard InChI is InChI=1S/C25H31N3O3/c1-17-9-7-8-13-25(17)23(30)28(24(31)26-25)16-22(29)21-15-18(2)27(19(21)3)14-12-20-10-5-4-6-11-20/h4-6,10-11,15,17H,7-9,12-14,16H2,1-3H3,(H,26,31)/t17-,25+/m0/s1. The van der Waals surface area contributed by atoms with E-state index in [-0.39, 0.29) is 24.2 Å². The molecule has 31 heavy (non-hydrogen) atoms. The fourth-order valence-electron chi connectivity index (χ4n) is 5.18. The van der Waals surface area contributed by atoms with Gasteiger partial charge in [0.2, 0.25) is 0 Å². The van der Waals surface area contributed by atoms with Crippen LogP contribution < -0.4 is 5.32 Å². The first-order valence-corrected chi connectivity index (χ1v) is 11.2. The summed E-state index contributed by atoms with van der Waals surface area (Å²) in [7, 11) is 0. The Balaban J connectivity index is 1.49. The van der Waals surface area contributed by atoms with E-state index in [0.717, 1.165) is 48.5 Å². The maximum Gasteiger partial charge on any atom is 0.325 e. The molecule has 1 spiro atoms. The molecule has 2 heterocycles. The number of nitrogens with one attached hydrogen (secondary N) is 1. The van der Waals surface area contributed by atoms with Gasteiger partial charge in [0.25, 0.3) is 5.91 Å². The van der Waals surface area contributed by atoms with E-state index in [9.17, 15) is 14.4 Å². The Morgan fingerprint density at radius 2 is 1.90 bits per heavy atom. The van der Waals surface area contributed by atoms with Crippen molar-refractivity contribution in [3.8, 4) is 0 Å². The first kappa shape index (κ1) is 21.3. The molecule has 2 fully saturated rings. The Hall–Kier alpha value is -2.89. The van der Waals surface area contributed by atoms with Gasteiger partial charge in [0, 0.05) is 23.5 Å². The van der Waals surface area contributed by atoms with Crippen molar-refractivity contribution in [2.24, 2.45) is 5.92 Å². The summed E-state index contributed by atoms with van der Waals surface area (Å²) in [6.45, 7) is 6.51. The first-order chi connectivity index (χ1) is 14.8. The molecular weight excluding hydrogens is 390 g/mol. The molecule has 164 valence electrons. The molecule has 0 radical (unpaired) electrons. The number of aromatic nitrogens is 1. The van der Waals surface area contributed by atoms with Crippen LogP contribution in [0.25, 0.3) is 0 Å².